The Hall–Kier alpha value is -0.870. The minimum absolute atomic E-state index is 0.0315. The molecule has 0 saturated carbocycles. The van der Waals surface area contributed by atoms with E-state index in [4.69, 9.17) is 0 Å². The number of nitrogens with one attached hydrogen (secondary N) is 1. The average Bonchev–Trinajstić information content (AvgIpc) is 3.09. The fraction of sp³-hybridized carbons (Fsp3) is 0.786. The minimum Gasteiger partial charge on any atom is -0.360 e. The molecule has 1 N–H and O–H groups in total. The molecule has 0 radical (unpaired) electrons. The van der Waals surface area contributed by atoms with Crippen molar-refractivity contribution in [1.82, 2.24) is 15.1 Å². The Morgan fingerprint density at radius 3 is 2.79 bits per heavy atom. The fourth-order valence-electron chi connectivity index (χ4n) is 2.57. The maximum Gasteiger partial charge on any atom is 0.233 e. The molecule has 0 aliphatic carbocycles. The van der Waals surface area contributed by atoms with Gasteiger partial charge in [-0.05, 0) is 19.3 Å². The molecule has 10 heteroatoms. The Morgan fingerprint density at radius 1 is 1.46 bits per heavy atom. The van der Waals surface area contributed by atoms with E-state index in [1.165, 1.54) is 23.1 Å². The lowest BCUT2D eigenvalue weighted by atomic mass is 10.1. The second-order valence-electron chi connectivity index (χ2n) is 6.19. The lowest BCUT2D eigenvalue weighted by Crippen LogP contribution is -2.44. The largest absolute Gasteiger partial charge is 0.360 e. The maximum atomic E-state index is 12.6. The van der Waals surface area contributed by atoms with Crippen LogP contribution < -0.4 is 5.32 Å². The molecule has 0 spiro atoms. The summed E-state index contributed by atoms with van der Waals surface area (Å²) in [5, 5.41) is 11.9. The summed E-state index contributed by atoms with van der Waals surface area (Å²) in [6, 6.07) is -0.197. The van der Waals surface area contributed by atoms with Gasteiger partial charge in [0.05, 0.1) is 17.3 Å². The zero-order valence-corrected chi connectivity index (χ0v) is 16.6. The number of hydrogen-bond donors (Lipinski definition) is 1. The van der Waals surface area contributed by atoms with Gasteiger partial charge in [-0.15, -0.1) is 10.2 Å². The van der Waals surface area contributed by atoms with Crippen molar-refractivity contribution in [3.63, 3.8) is 0 Å². The first-order valence-electron chi connectivity index (χ1n) is 8.00. The van der Waals surface area contributed by atoms with Gasteiger partial charge in [0.1, 0.15) is 0 Å². The molecule has 1 aliphatic rings. The molecule has 7 nitrogen and oxygen atoms in total. The number of aromatic nitrogens is 2. The van der Waals surface area contributed by atoms with Gasteiger partial charge < -0.3 is 10.2 Å². The van der Waals surface area contributed by atoms with Crippen LogP contribution in [0.5, 0.6) is 0 Å². The summed E-state index contributed by atoms with van der Waals surface area (Å²) in [6.45, 7) is 7.40. The number of hydrogen-bond acceptors (Lipinski definition) is 8. The van der Waals surface area contributed by atoms with E-state index in [1.807, 2.05) is 20.8 Å². The van der Waals surface area contributed by atoms with Crippen molar-refractivity contribution in [3.05, 3.63) is 0 Å². The van der Waals surface area contributed by atoms with Crippen LogP contribution in [-0.2, 0) is 14.6 Å². The minimum atomic E-state index is -3.01. The number of sulfone groups is 1. The Balaban J connectivity index is 1.96. The number of amides is 1. The zero-order valence-electron chi connectivity index (χ0n) is 14.2. The second-order valence-corrected chi connectivity index (χ2v) is 10.6. The smallest absolute Gasteiger partial charge is 0.233 e. The van der Waals surface area contributed by atoms with Gasteiger partial charge in [-0.2, -0.15) is 0 Å². The summed E-state index contributed by atoms with van der Waals surface area (Å²) >= 11 is 2.77. The van der Waals surface area contributed by atoms with E-state index in [0.29, 0.717) is 18.9 Å². The van der Waals surface area contributed by atoms with Crippen molar-refractivity contribution in [1.29, 1.82) is 0 Å². The number of rotatable bonds is 8. The highest BCUT2D eigenvalue weighted by Gasteiger charge is 2.34. The van der Waals surface area contributed by atoms with Gasteiger partial charge in [-0.25, -0.2) is 8.42 Å². The van der Waals surface area contributed by atoms with Crippen LogP contribution in [0.25, 0.3) is 0 Å². The van der Waals surface area contributed by atoms with Crippen molar-refractivity contribution >= 4 is 44.0 Å². The highest BCUT2D eigenvalue weighted by atomic mass is 32.2. The topological polar surface area (TPSA) is 92.3 Å². The molecule has 1 aromatic heterocycles. The predicted molar refractivity (Wildman–Crippen MR) is 98.4 cm³/mol. The van der Waals surface area contributed by atoms with Crippen LogP contribution in [0.4, 0.5) is 5.13 Å². The van der Waals surface area contributed by atoms with E-state index in [-0.39, 0.29) is 29.2 Å². The Labute approximate surface area is 151 Å². The van der Waals surface area contributed by atoms with E-state index < -0.39 is 9.84 Å². The molecule has 1 atom stereocenters. The number of carbonyl (C=O) groups excluding carboxylic acids is 1. The van der Waals surface area contributed by atoms with E-state index in [9.17, 15) is 13.2 Å². The molecule has 0 aromatic carbocycles. The number of carbonyl (C=O) groups is 1. The number of anilines is 1. The van der Waals surface area contributed by atoms with E-state index in [1.54, 1.807) is 4.90 Å². The van der Waals surface area contributed by atoms with Crippen LogP contribution in [0.2, 0.25) is 0 Å². The second kappa shape index (κ2) is 8.48. The summed E-state index contributed by atoms with van der Waals surface area (Å²) in [7, 11) is -3.01. The van der Waals surface area contributed by atoms with Gasteiger partial charge in [-0.1, -0.05) is 36.9 Å². The van der Waals surface area contributed by atoms with Gasteiger partial charge in [0, 0.05) is 19.1 Å². The fourth-order valence-corrected chi connectivity index (χ4v) is 6.00. The number of thioether (sulfide) groups is 1. The number of nitrogens with zero attached hydrogens (tertiary/aromatic N) is 3. The predicted octanol–water partition coefficient (Wildman–Crippen LogP) is 1.73. The first-order chi connectivity index (χ1) is 11.3. The van der Waals surface area contributed by atoms with Gasteiger partial charge in [0.15, 0.2) is 14.2 Å². The normalized spacial score (nSPS) is 19.6. The van der Waals surface area contributed by atoms with E-state index >= 15 is 0 Å². The standard InChI is InChI=1S/C14H24N4O3S3/c1-4-15-13-16-17-14(23-13)22-8-12(19)18(7-10(2)3)11-5-6-24(20,21)9-11/h10-11H,4-9H2,1-3H3,(H,15,16)/t11-/m1/s1. The summed E-state index contributed by atoms with van der Waals surface area (Å²) in [4.78, 5) is 14.4. The Bertz CT molecular complexity index is 660. The van der Waals surface area contributed by atoms with E-state index in [0.717, 1.165) is 16.0 Å². The SMILES string of the molecule is CCNc1nnc(SCC(=O)N(CC(C)C)[C@@H]2CCS(=O)(=O)C2)s1. The zero-order chi connectivity index (χ0) is 17.7. The molecule has 136 valence electrons. The first-order valence-corrected chi connectivity index (χ1v) is 11.6. The Kier molecular flexibility index (Phi) is 6.88. The molecule has 1 saturated heterocycles. The molecule has 2 heterocycles. The third-order valence-electron chi connectivity index (χ3n) is 3.58. The molecule has 0 unspecified atom stereocenters. The van der Waals surface area contributed by atoms with Crippen LogP contribution in [0.1, 0.15) is 27.2 Å². The van der Waals surface area contributed by atoms with Crippen molar-refractivity contribution in [2.45, 2.75) is 37.6 Å². The van der Waals surface area contributed by atoms with Crippen molar-refractivity contribution in [2.75, 3.05) is 35.7 Å². The average molecular weight is 393 g/mol. The van der Waals surface area contributed by atoms with Crippen molar-refractivity contribution in [3.8, 4) is 0 Å². The first kappa shape index (κ1) is 19.5. The summed E-state index contributed by atoms with van der Waals surface area (Å²) in [5.74, 6) is 0.777. The molecule has 1 amide bonds. The van der Waals surface area contributed by atoms with Crippen LogP contribution >= 0.6 is 23.1 Å². The summed E-state index contributed by atoms with van der Waals surface area (Å²) < 4.78 is 24.2. The monoisotopic (exact) mass is 392 g/mol. The van der Waals surface area contributed by atoms with E-state index in [2.05, 4.69) is 15.5 Å². The Morgan fingerprint density at radius 2 is 2.21 bits per heavy atom. The van der Waals surface area contributed by atoms with Crippen LogP contribution in [-0.4, -0.2) is 65.8 Å². The molecule has 1 aromatic rings. The van der Waals surface area contributed by atoms with Gasteiger partial charge >= 0.3 is 0 Å². The van der Waals surface area contributed by atoms with Crippen LogP contribution in [0, 0.1) is 5.92 Å². The molecule has 24 heavy (non-hydrogen) atoms. The maximum absolute atomic E-state index is 12.6. The molecule has 0 bridgehead atoms. The van der Waals surface area contributed by atoms with Crippen molar-refractivity contribution in [2.24, 2.45) is 5.92 Å². The summed E-state index contributed by atoms with van der Waals surface area (Å²) in [5.41, 5.74) is 0. The lowest BCUT2D eigenvalue weighted by Gasteiger charge is -2.29. The molecule has 2 rings (SSSR count). The molecular weight excluding hydrogens is 368 g/mol. The van der Waals surface area contributed by atoms with Gasteiger partial charge in [0.2, 0.25) is 11.0 Å². The highest BCUT2D eigenvalue weighted by Crippen LogP contribution is 2.27. The van der Waals surface area contributed by atoms with Crippen LogP contribution in [0.3, 0.4) is 0 Å². The third-order valence-corrected chi connectivity index (χ3v) is 7.33. The quantitative estimate of drug-likeness (QED) is 0.674. The highest BCUT2D eigenvalue weighted by molar-refractivity contribution is 8.01. The molecule has 1 aliphatic heterocycles. The summed E-state index contributed by atoms with van der Waals surface area (Å²) in [6.07, 6.45) is 0.537. The molecule has 1 fully saturated rings. The lowest BCUT2D eigenvalue weighted by molar-refractivity contribution is -0.130. The van der Waals surface area contributed by atoms with Gasteiger partial charge in [0.25, 0.3) is 0 Å². The van der Waals surface area contributed by atoms with Gasteiger partial charge in [-0.3, -0.25) is 4.79 Å². The van der Waals surface area contributed by atoms with Crippen LogP contribution in [0.15, 0.2) is 4.34 Å². The third kappa shape index (κ3) is 5.59. The molecular formula is C14H24N4O3S3. The van der Waals surface area contributed by atoms with Crippen molar-refractivity contribution < 1.29 is 13.2 Å².